The van der Waals surface area contributed by atoms with Gasteiger partial charge in [0.1, 0.15) is 0 Å². The number of alkyl halides is 3. The molecule has 2 rings (SSSR count). The molecule has 3 atom stereocenters. The zero-order valence-corrected chi connectivity index (χ0v) is 27.4. The summed E-state index contributed by atoms with van der Waals surface area (Å²) in [5, 5.41) is 9.82. The molecule has 0 fully saturated rings. The van der Waals surface area contributed by atoms with Crippen molar-refractivity contribution in [3.63, 3.8) is 0 Å². The first kappa shape index (κ1) is 39.9. The number of esters is 1. The zero-order chi connectivity index (χ0) is 33.9. The number of rotatable bonds is 16. The molecule has 2 aromatic rings. The van der Waals surface area contributed by atoms with Gasteiger partial charge >= 0.3 is 30.0 Å². The van der Waals surface area contributed by atoms with E-state index in [9.17, 15) is 27.6 Å². The minimum Gasteiger partial charge on any atom is -0.475 e. The van der Waals surface area contributed by atoms with Gasteiger partial charge in [-0.15, -0.1) is 0 Å². The number of nitrogens with one attached hydrogen (secondary N) is 1. The summed E-state index contributed by atoms with van der Waals surface area (Å²) in [7, 11) is 4.33. The maximum absolute atomic E-state index is 13.8. The van der Waals surface area contributed by atoms with Gasteiger partial charge in [0.2, 0.25) is 5.91 Å². The average Bonchev–Trinajstić information content (AvgIpc) is 3.01. The fourth-order valence-electron chi connectivity index (χ4n) is 3.48. The third kappa shape index (κ3) is 14.7. The van der Waals surface area contributed by atoms with Crippen LogP contribution in [0.3, 0.4) is 0 Å². The van der Waals surface area contributed by atoms with Gasteiger partial charge in [-0.05, 0) is 37.3 Å². The van der Waals surface area contributed by atoms with Gasteiger partial charge in [-0.1, -0.05) is 82.3 Å². The van der Waals surface area contributed by atoms with Gasteiger partial charge in [0.05, 0.1) is 19.6 Å². The van der Waals surface area contributed by atoms with Crippen LogP contribution in [0.15, 0.2) is 60.7 Å². The number of carbonyl (C=O) groups is 4. The predicted molar refractivity (Wildman–Crippen MR) is 170 cm³/mol. The van der Waals surface area contributed by atoms with Crippen LogP contribution in [0.5, 0.6) is 0 Å². The van der Waals surface area contributed by atoms with Gasteiger partial charge in [-0.25, -0.2) is 14.4 Å². The molecule has 0 saturated carbocycles. The Balaban J connectivity index is 0.00000129. The van der Waals surface area contributed by atoms with Crippen molar-refractivity contribution in [2.24, 2.45) is 11.7 Å². The fraction of sp³-hybridized carbons (Fsp3) is 0.448. The largest absolute Gasteiger partial charge is 0.511 e. The molecule has 0 aliphatic carbocycles. The number of nitrogens with two attached hydrogens (primary N) is 1. The molecule has 0 spiro atoms. The topological polar surface area (TPSA) is 154 Å². The van der Waals surface area contributed by atoms with E-state index in [1.165, 1.54) is 0 Å². The van der Waals surface area contributed by atoms with Crippen LogP contribution in [0.25, 0.3) is 0 Å². The molecule has 0 aliphatic rings. The van der Waals surface area contributed by atoms with Crippen LogP contribution < -0.4 is 11.1 Å². The zero-order valence-electron chi connectivity index (χ0n) is 24.9. The van der Waals surface area contributed by atoms with Crippen molar-refractivity contribution in [1.82, 2.24) is 5.32 Å². The lowest BCUT2D eigenvalue weighted by atomic mass is 9.97. The second-order valence-corrected chi connectivity index (χ2v) is 12.7. The van der Waals surface area contributed by atoms with Crippen LogP contribution >= 0.6 is 33.3 Å². The lowest BCUT2D eigenvalue weighted by molar-refractivity contribution is -0.192. The highest BCUT2D eigenvalue weighted by molar-refractivity contribution is 8.76. The van der Waals surface area contributed by atoms with E-state index >= 15 is 0 Å². The number of halogens is 3. The number of carboxylic acids is 1. The Morgan fingerprint density at radius 3 is 2.04 bits per heavy atom. The van der Waals surface area contributed by atoms with Crippen molar-refractivity contribution in [3.05, 3.63) is 71.8 Å². The van der Waals surface area contributed by atoms with Gasteiger partial charge in [-0.2, -0.15) is 24.9 Å². The lowest BCUT2D eigenvalue weighted by Crippen LogP contribution is -2.57. The normalized spacial score (nSPS) is 13.6. The minimum atomic E-state index is -5.08. The van der Waals surface area contributed by atoms with E-state index in [1.54, 1.807) is 70.6 Å². The Morgan fingerprint density at radius 2 is 1.53 bits per heavy atom. The van der Waals surface area contributed by atoms with E-state index in [2.05, 4.69) is 11.6 Å². The number of amides is 1. The molecule has 0 radical (unpaired) electrons. The van der Waals surface area contributed by atoms with Crippen LogP contribution in [0.4, 0.5) is 18.0 Å². The van der Waals surface area contributed by atoms with Gasteiger partial charge in [0.15, 0.2) is 0 Å². The molecular weight excluding hydrogens is 658 g/mol. The van der Waals surface area contributed by atoms with Crippen LogP contribution in [0.2, 0.25) is 0 Å². The molecule has 0 aliphatic heterocycles. The molecule has 2 aromatic carbocycles. The van der Waals surface area contributed by atoms with Crippen molar-refractivity contribution in [2.45, 2.75) is 37.7 Å². The molecule has 250 valence electrons. The van der Waals surface area contributed by atoms with Crippen LogP contribution in [-0.4, -0.2) is 78.6 Å². The molecule has 4 N–H and O–H groups in total. The highest BCUT2D eigenvalue weighted by atomic mass is 33.1. The van der Waals surface area contributed by atoms with Gasteiger partial charge < -0.3 is 30.4 Å². The maximum atomic E-state index is 13.8. The molecule has 1 amide bonds. The van der Waals surface area contributed by atoms with E-state index in [4.69, 9.17) is 29.8 Å². The standard InChI is InChI=1S/C27H36N2O6S3.C2HF3O2/c1-4-34-26(32)35-27(25(31)33-2,22-13-9-6-10-14-22)29-24(30)21(17-20-11-7-5-8-12-20)18-37-38-19-23(28)15-16-36-3;3-2(4,5)1(6)7/h5-14,21,23H,4,15-19,28H2,1-3H3,(H,29,30);(H,6,7). The maximum Gasteiger partial charge on any atom is 0.511 e. The molecule has 0 saturated heterocycles. The Labute approximate surface area is 272 Å². The average molecular weight is 695 g/mol. The SMILES string of the molecule is CCOC(=O)OC(NC(=O)C(CSSCC(N)CCSC)Cc1ccccc1)(C(=O)OC)c1ccccc1.O=C(O)C(F)(F)F. The summed E-state index contributed by atoms with van der Waals surface area (Å²) >= 11 is 1.76. The molecule has 3 unspecified atom stereocenters. The number of thioether (sulfide) groups is 1. The highest BCUT2D eigenvalue weighted by Crippen LogP contribution is 2.30. The number of carboxylic acid groups (broad SMARTS) is 1. The first-order valence-electron chi connectivity index (χ1n) is 13.4. The van der Waals surface area contributed by atoms with E-state index in [-0.39, 0.29) is 18.2 Å². The molecule has 0 heterocycles. The first-order chi connectivity index (χ1) is 21.3. The van der Waals surface area contributed by atoms with E-state index < -0.39 is 41.8 Å². The summed E-state index contributed by atoms with van der Waals surface area (Å²) in [4.78, 5) is 48.2. The van der Waals surface area contributed by atoms with Crippen molar-refractivity contribution >= 4 is 57.4 Å². The predicted octanol–water partition coefficient (Wildman–Crippen LogP) is 5.26. The van der Waals surface area contributed by atoms with Crippen LogP contribution in [0, 0.1) is 5.92 Å². The van der Waals surface area contributed by atoms with Crippen molar-refractivity contribution < 1.29 is 51.7 Å². The van der Waals surface area contributed by atoms with Crippen molar-refractivity contribution in [3.8, 4) is 0 Å². The molecule has 10 nitrogen and oxygen atoms in total. The summed E-state index contributed by atoms with van der Waals surface area (Å²) in [5.41, 5.74) is 5.17. The number of hydrogen-bond acceptors (Lipinski definition) is 11. The highest BCUT2D eigenvalue weighted by Gasteiger charge is 2.49. The quantitative estimate of drug-likeness (QED) is 0.0910. The van der Waals surface area contributed by atoms with Gasteiger partial charge in [0, 0.05) is 23.1 Å². The second kappa shape index (κ2) is 20.9. The Kier molecular flexibility index (Phi) is 18.5. The summed E-state index contributed by atoms with van der Waals surface area (Å²) in [5.74, 6) is -2.51. The number of ether oxygens (including phenoxy) is 3. The Hall–Kier alpha value is -3.08. The smallest absolute Gasteiger partial charge is 0.475 e. The molecular formula is C29H37F3N2O8S3. The summed E-state index contributed by atoms with van der Waals surface area (Å²) in [6.45, 7) is 1.64. The monoisotopic (exact) mass is 694 g/mol. The second-order valence-electron chi connectivity index (χ2n) is 9.11. The number of benzene rings is 2. The number of aliphatic carboxylic acids is 1. The van der Waals surface area contributed by atoms with Crippen LogP contribution in [0.1, 0.15) is 24.5 Å². The summed E-state index contributed by atoms with van der Waals surface area (Å²) in [6, 6.07) is 17.9. The molecule has 45 heavy (non-hydrogen) atoms. The summed E-state index contributed by atoms with van der Waals surface area (Å²) < 4.78 is 47.2. The first-order valence-corrected chi connectivity index (χ1v) is 17.3. The van der Waals surface area contributed by atoms with Crippen molar-refractivity contribution in [1.29, 1.82) is 0 Å². The number of methoxy groups -OCH3 is 1. The Morgan fingerprint density at radius 1 is 0.978 bits per heavy atom. The van der Waals surface area contributed by atoms with E-state index in [0.717, 1.165) is 30.6 Å². The lowest BCUT2D eigenvalue weighted by Gasteiger charge is -2.32. The number of hydrogen-bond donors (Lipinski definition) is 3. The third-order valence-electron chi connectivity index (χ3n) is 5.72. The number of carbonyl (C=O) groups excluding carboxylic acids is 3. The third-order valence-corrected chi connectivity index (χ3v) is 8.95. The van der Waals surface area contributed by atoms with Gasteiger partial charge in [-0.3, -0.25) is 4.79 Å². The molecule has 0 aromatic heterocycles. The molecule has 16 heteroatoms. The Bertz CT molecular complexity index is 1200. The minimum absolute atomic E-state index is 0.0302. The van der Waals surface area contributed by atoms with Crippen molar-refractivity contribution in [2.75, 3.05) is 37.2 Å². The van der Waals surface area contributed by atoms with E-state index in [1.807, 2.05) is 30.3 Å². The summed E-state index contributed by atoms with van der Waals surface area (Å²) in [6.07, 6.45) is -2.79. The van der Waals surface area contributed by atoms with Gasteiger partial charge in [0.25, 0.3) is 0 Å². The fourth-order valence-corrected chi connectivity index (χ4v) is 6.58. The van der Waals surface area contributed by atoms with Crippen LogP contribution in [-0.2, 0) is 40.7 Å². The molecule has 0 bridgehead atoms. The van der Waals surface area contributed by atoms with E-state index in [0.29, 0.717) is 12.2 Å².